The lowest BCUT2D eigenvalue weighted by Gasteiger charge is -2.08. The lowest BCUT2D eigenvalue weighted by atomic mass is 10.0. The molecule has 0 atom stereocenters. The molecule has 0 bridgehead atoms. The molecule has 5 heteroatoms. The molecule has 2 aromatic carbocycles. The molecular formula is C21H23NO2S2. The molecule has 26 heavy (non-hydrogen) atoms. The van der Waals surface area contributed by atoms with E-state index in [1.165, 1.54) is 26.1 Å². The Kier molecular flexibility index (Phi) is 6.12. The highest BCUT2D eigenvalue weighted by molar-refractivity contribution is 7.80. The third-order valence-electron chi connectivity index (χ3n) is 4.33. The fourth-order valence-electron chi connectivity index (χ4n) is 3.05. The van der Waals surface area contributed by atoms with Gasteiger partial charge in [-0.2, -0.15) is 0 Å². The zero-order valence-electron chi connectivity index (χ0n) is 15.3. The van der Waals surface area contributed by atoms with Gasteiger partial charge in [-0.3, -0.25) is 0 Å². The second-order valence-electron chi connectivity index (χ2n) is 6.13. The van der Waals surface area contributed by atoms with E-state index in [4.69, 9.17) is 21.7 Å². The van der Waals surface area contributed by atoms with Crippen molar-refractivity contribution in [1.82, 2.24) is 5.32 Å². The number of thiocarbonyl (C=S) groups is 1. The molecule has 3 nitrogen and oxygen atoms in total. The summed E-state index contributed by atoms with van der Waals surface area (Å²) in [5.41, 5.74) is 2.62. The first kappa shape index (κ1) is 18.7. The monoisotopic (exact) mass is 385 g/mol. The molecule has 0 aliphatic rings. The van der Waals surface area contributed by atoms with Crippen LogP contribution in [0.3, 0.4) is 0 Å². The van der Waals surface area contributed by atoms with E-state index in [0.717, 1.165) is 35.9 Å². The average Bonchev–Trinajstić information content (AvgIpc) is 2.98. The van der Waals surface area contributed by atoms with Crippen LogP contribution in [0.4, 0.5) is 0 Å². The van der Waals surface area contributed by atoms with Crippen LogP contribution in [0.5, 0.6) is 11.5 Å². The van der Waals surface area contributed by atoms with Crippen molar-refractivity contribution in [2.45, 2.75) is 19.8 Å². The molecule has 1 heterocycles. The van der Waals surface area contributed by atoms with Crippen molar-refractivity contribution in [1.29, 1.82) is 0 Å². The van der Waals surface area contributed by atoms with Crippen LogP contribution in [0.1, 0.15) is 22.9 Å². The van der Waals surface area contributed by atoms with Crippen LogP contribution in [0.2, 0.25) is 0 Å². The highest BCUT2D eigenvalue weighted by Gasteiger charge is 2.14. The third kappa shape index (κ3) is 4.34. The van der Waals surface area contributed by atoms with Gasteiger partial charge in [0.1, 0.15) is 11.5 Å². The van der Waals surface area contributed by atoms with Crippen LogP contribution in [-0.2, 0) is 12.8 Å². The average molecular weight is 386 g/mol. The first-order valence-corrected chi connectivity index (χ1v) is 9.79. The number of nitrogens with one attached hydrogen (secondary N) is 1. The molecule has 0 amide bonds. The highest BCUT2D eigenvalue weighted by Crippen LogP contribution is 2.35. The maximum atomic E-state index is 5.43. The summed E-state index contributed by atoms with van der Waals surface area (Å²) in [6, 6.07) is 14.6. The summed E-state index contributed by atoms with van der Waals surface area (Å²) in [6.07, 6.45) is 1.82. The van der Waals surface area contributed by atoms with Crippen LogP contribution >= 0.6 is 23.6 Å². The standard InChI is InChI=1S/C21H23NO2S2/c1-14(25)22-10-9-18-19-13-17(24-3)7-8-20(19)26-21(18)12-15-5-4-6-16(11-15)23-2/h4-8,11,13H,9-10,12H2,1-3H3,(H,22,25). The Labute approximate surface area is 164 Å². The summed E-state index contributed by atoms with van der Waals surface area (Å²) in [4.78, 5) is 2.21. The summed E-state index contributed by atoms with van der Waals surface area (Å²) < 4.78 is 12.1. The Morgan fingerprint density at radius 2 is 1.85 bits per heavy atom. The van der Waals surface area contributed by atoms with Gasteiger partial charge >= 0.3 is 0 Å². The number of hydrogen-bond acceptors (Lipinski definition) is 4. The first-order valence-electron chi connectivity index (χ1n) is 8.56. The number of fused-ring (bicyclic) bond motifs is 1. The molecule has 136 valence electrons. The van der Waals surface area contributed by atoms with E-state index in [1.807, 2.05) is 36.5 Å². The molecule has 0 spiro atoms. The van der Waals surface area contributed by atoms with Crippen molar-refractivity contribution in [3.05, 3.63) is 58.5 Å². The lowest BCUT2D eigenvalue weighted by molar-refractivity contribution is 0.414. The fourth-order valence-corrected chi connectivity index (χ4v) is 4.42. The molecule has 0 fully saturated rings. The molecule has 1 aromatic heterocycles. The Hall–Kier alpha value is -2.11. The Bertz CT molecular complexity index is 918. The number of hydrogen-bond donors (Lipinski definition) is 1. The van der Waals surface area contributed by atoms with Gasteiger partial charge in [0.25, 0.3) is 0 Å². The predicted molar refractivity (Wildman–Crippen MR) is 114 cm³/mol. The number of rotatable bonds is 7. The van der Waals surface area contributed by atoms with Gasteiger partial charge < -0.3 is 14.8 Å². The Morgan fingerprint density at radius 1 is 1.08 bits per heavy atom. The highest BCUT2D eigenvalue weighted by atomic mass is 32.1. The second-order valence-corrected chi connectivity index (χ2v) is 7.88. The van der Waals surface area contributed by atoms with Crippen molar-refractivity contribution in [2.75, 3.05) is 20.8 Å². The zero-order valence-corrected chi connectivity index (χ0v) is 16.9. The second kappa shape index (κ2) is 8.52. The number of methoxy groups -OCH3 is 2. The Balaban J connectivity index is 1.97. The van der Waals surface area contributed by atoms with E-state index >= 15 is 0 Å². The van der Waals surface area contributed by atoms with Crippen molar-refractivity contribution < 1.29 is 9.47 Å². The predicted octanol–water partition coefficient (Wildman–Crippen LogP) is 4.99. The molecule has 3 rings (SSSR count). The maximum absolute atomic E-state index is 5.43. The Morgan fingerprint density at radius 3 is 2.58 bits per heavy atom. The van der Waals surface area contributed by atoms with Crippen LogP contribution in [-0.4, -0.2) is 25.8 Å². The fraction of sp³-hybridized carbons (Fsp3) is 0.286. The normalized spacial score (nSPS) is 10.7. The van der Waals surface area contributed by atoms with E-state index in [2.05, 4.69) is 29.6 Å². The minimum atomic E-state index is 0.830. The number of ether oxygens (including phenoxy) is 2. The van der Waals surface area contributed by atoms with Crippen molar-refractivity contribution in [2.24, 2.45) is 0 Å². The zero-order chi connectivity index (χ0) is 18.5. The van der Waals surface area contributed by atoms with Crippen molar-refractivity contribution >= 4 is 38.6 Å². The van der Waals surface area contributed by atoms with Gasteiger partial charge in [-0.25, -0.2) is 0 Å². The smallest absolute Gasteiger partial charge is 0.119 e. The van der Waals surface area contributed by atoms with E-state index in [1.54, 1.807) is 14.2 Å². The lowest BCUT2D eigenvalue weighted by Crippen LogP contribution is -2.21. The van der Waals surface area contributed by atoms with E-state index < -0.39 is 0 Å². The summed E-state index contributed by atoms with van der Waals surface area (Å²) >= 11 is 7.00. The van der Waals surface area contributed by atoms with E-state index in [-0.39, 0.29) is 0 Å². The third-order valence-corrected chi connectivity index (χ3v) is 5.69. The summed E-state index contributed by atoms with van der Waals surface area (Å²) in [7, 11) is 3.41. The minimum absolute atomic E-state index is 0.830. The summed E-state index contributed by atoms with van der Waals surface area (Å²) in [5.74, 6) is 1.79. The molecule has 0 aliphatic heterocycles. The van der Waals surface area contributed by atoms with Gasteiger partial charge in [-0.1, -0.05) is 24.4 Å². The quantitative estimate of drug-likeness (QED) is 0.581. The van der Waals surface area contributed by atoms with Gasteiger partial charge in [0.15, 0.2) is 0 Å². The van der Waals surface area contributed by atoms with Gasteiger partial charge in [0, 0.05) is 22.5 Å². The minimum Gasteiger partial charge on any atom is -0.497 e. The SMILES string of the molecule is COc1cccc(Cc2sc3ccc(OC)cc3c2CCNC(C)=S)c1. The number of thiophene rings is 1. The molecule has 1 N–H and O–H groups in total. The van der Waals surface area contributed by atoms with Gasteiger partial charge in [0.2, 0.25) is 0 Å². The van der Waals surface area contributed by atoms with Gasteiger partial charge in [-0.15, -0.1) is 11.3 Å². The summed E-state index contributed by atoms with van der Waals surface area (Å²) in [5, 5.41) is 4.55. The molecule has 0 saturated heterocycles. The van der Waals surface area contributed by atoms with Gasteiger partial charge in [-0.05, 0) is 60.2 Å². The molecule has 0 aliphatic carbocycles. The van der Waals surface area contributed by atoms with Crippen molar-refractivity contribution in [3.8, 4) is 11.5 Å². The summed E-state index contributed by atoms with van der Waals surface area (Å²) in [6.45, 7) is 2.75. The molecule has 0 saturated carbocycles. The van der Waals surface area contributed by atoms with E-state index in [9.17, 15) is 0 Å². The molecule has 0 radical (unpaired) electrons. The molecule has 3 aromatic rings. The van der Waals surface area contributed by atoms with Crippen LogP contribution in [0.15, 0.2) is 42.5 Å². The van der Waals surface area contributed by atoms with E-state index in [0.29, 0.717) is 0 Å². The molecular weight excluding hydrogens is 362 g/mol. The van der Waals surface area contributed by atoms with Gasteiger partial charge in [0.05, 0.1) is 19.2 Å². The van der Waals surface area contributed by atoms with Crippen LogP contribution in [0.25, 0.3) is 10.1 Å². The topological polar surface area (TPSA) is 30.5 Å². The maximum Gasteiger partial charge on any atom is 0.119 e. The molecule has 0 unspecified atom stereocenters. The largest absolute Gasteiger partial charge is 0.497 e. The van der Waals surface area contributed by atoms with Crippen LogP contribution in [0, 0.1) is 0 Å². The van der Waals surface area contributed by atoms with Crippen LogP contribution < -0.4 is 14.8 Å². The first-order chi connectivity index (χ1) is 12.6. The number of benzene rings is 2. The van der Waals surface area contributed by atoms with Crippen molar-refractivity contribution in [3.63, 3.8) is 0 Å².